The summed E-state index contributed by atoms with van der Waals surface area (Å²) in [6.07, 6.45) is 1.07. The number of pyridine rings is 1. The molecule has 0 saturated heterocycles. The maximum Gasteiger partial charge on any atom is 0.205 e. The van der Waals surface area contributed by atoms with Crippen molar-refractivity contribution >= 4 is 17.3 Å². The molecule has 16 heavy (non-hydrogen) atoms. The summed E-state index contributed by atoms with van der Waals surface area (Å²) in [5.74, 6) is -1.21. The van der Waals surface area contributed by atoms with Crippen LogP contribution in [0.4, 0.5) is 0 Å². The van der Waals surface area contributed by atoms with E-state index < -0.39 is 11.6 Å². The van der Waals surface area contributed by atoms with Crippen LogP contribution >= 0.6 is 0 Å². The van der Waals surface area contributed by atoms with Gasteiger partial charge in [0.25, 0.3) is 0 Å². The molecule has 0 aliphatic heterocycles. The average Bonchev–Trinajstić information content (AvgIpc) is 2.22. The molecule has 1 aromatic heterocycles. The Morgan fingerprint density at radius 1 is 1.25 bits per heavy atom. The lowest BCUT2D eigenvalue weighted by Gasteiger charge is -2.12. The Morgan fingerprint density at radius 3 is 2.56 bits per heavy atom. The van der Waals surface area contributed by atoms with Gasteiger partial charge in [0, 0.05) is 11.8 Å². The van der Waals surface area contributed by atoms with Crippen LogP contribution in [0.15, 0.2) is 23.8 Å². The molecule has 0 unspecified atom stereocenters. The summed E-state index contributed by atoms with van der Waals surface area (Å²) in [5.41, 5.74) is 0.945. The summed E-state index contributed by atoms with van der Waals surface area (Å²) >= 11 is 0. The van der Waals surface area contributed by atoms with E-state index in [1.54, 1.807) is 13.0 Å². The molecule has 0 radical (unpaired) electrons. The normalized spacial score (nSPS) is 14.5. The second-order valence-electron chi connectivity index (χ2n) is 3.66. The fourth-order valence-electron chi connectivity index (χ4n) is 1.60. The predicted octanol–water partition coefficient (Wildman–Crippen LogP) is 1.28. The van der Waals surface area contributed by atoms with Gasteiger partial charge >= 0.3 is 0 Å². The highest BCUT2D eigenvalue weighted by Crippen LogP contribution is 2.20. The zero-order valence-electron chi connectivity index (χ0n) is 8.90. The monoisotopic (exact) mass is 215 g/mol. The van der Waals surface area contributed by atoms with Crippen LogP contribution in [-0.4, -0.2) is 22.3 Å². The number of carbonyl (C=O) groups excluding carboxylic acids is 3. The van der Waals surface area contributed by atoms with Gasteiger partial charge in [-0.15, -0.1) is 0 Å². The zero-order chi connectivity index (χ0) is 11.9. The second kappa shape index (κ2) is 3.48. The summed E-state index contributed by atoms with van der Waals surface area (Å²) in [6, 6.07) is 3.18. The van der Waals surface area contributed by atoms with Gasteiger partial charge in [-0.05, 0) is 26.0 Å². The van der Waals surface area contributed by atoms with Crippen molar-refractivity contribution in [1.82, 2.24) is 4.98 Å². The maximum atomic E-state index is 11.8. The lowest BCUT2D eigenvalue weighted by molar-refractivity contribution is -0.113. The van der Waals surface area contributed by atoms with E-state index in [0.717, 1.165) is 6.08 Å². The topological polar surface area (TPSA) is 64.1 Å². The van der Waals surface area contributed by atoms with Crippen molar-refractivity contribution in [1.29, 1.82) is 0 Å². The number of hydrogen-bond acceptors (Lipinski definition) is 4. The van der Waals surface area contributed by atoms with E-state index in [1.807, 2.05) is 0 Å². The van der Waals surface area contributed by atoms with Crippen molar-refractivity contribution in [2.45, 2.75) is 13.8 Å². The SMILES string of the molecule is CC(=O)C1=CC(=O)c2nc(C)ccc2C1=O. The van der Waals surface area contributed by atoms with Gasteiger partial charge in [-0.1, -0.05) is 0 Å². The molecule has 4 nitrogen and oxygen atoms in total. The molecule has 1 aliphatic rings. The van der Waals surface area contributed by atoms with E-state index in [9.17, 15) is 14.4 Å². The Bertz CT molecular complexity index is 555. The number of Topliss-reactive ketones (excluding diaryl/α,β-unsaturated/α-hetero) is 2. The first-order valence-corrected chi connectivity index (χ1v) is 4.80. The first kappa shape index (κ1) is 10.4. The molecule has 1 aromatic rings. The molecule has 0 atom stereocenters. The van der Waals surface area contributed by atoms with Crippen LogP contribution in [0.5, 0.6) is 0 Å². The van der Waals surface area contributed by atoms with Gasteiger partial charge in [0.15, 0.2) is 11.6 Å². The van der Waals surface area contributed by atoms with Crippen LogP contribution in [0.2, 0.25) is 0 Å². The van der Waals surface area contributed by atoms with E-state index in [2.05, 4.69) is 4.98 Å². The smallest absolute Gasteiger partial charge is 0.205 e. The minimum atomic E-state index is -0.422. The highest BCUT2D eigenvalue weighted by atomic mass is 16.2. The second-order valence-corrected chi connectivity index (χ2v) is 3.66. The molecule has 0 amide bonds. The highest BCUT2D eigenvalue weighted by Gasteiger charge is 2.28. The van der Waals surface area contributed by atoms with Crippen LogP contribution in [0.25, 0.3) is 0 Å². The fourth-order valence-corrected chi connectivity index (χ4v) is 1.60. The number of rotatable bonds is 1. The summed E-state index contributed by atoms with van der Waals surface area (Å²) in [6.45, 7) is 3.01. The summed E-state index contributed by atoms with van der Waals surface area (Å²) in [4.78, 5) is 38.7. The van der Waals surface area contributed by atoms with Crippen molar-refractivity contribution in [3.05, 3.63) is 40.7 Å². The van der Waals surface area contributed by atoms with Gasteiger partial charge in [-0.3, -0.25) is 14.4 Å². The number of aryl methyl sites for hydroxylation is 1. The molecular formula is C12H9NO3. The van der Waals surface area contributed by atoms with Gasteiger partial charge < -0.3 is 0 Å². The number of allylic oxidation sites excluding steroid dienone is 2. The fraction of sp³-hybridized carbons (Fsp3) is 0.167. The first-order valence-electron chi connectivity index (χ1n) is 4.80. The molecule has 0 saturated carbocycles. The summed E-state index contributed by atoms with van der Waals surface area (Å²) in [7, 11) is 0. The molecule has 1 aliphatic carbocycles. The Labute approximate surface area is 92.0 Å². The molecule has 2 rings (SSSR count). The van der Waals surface area contributed by atoms with E-state index in [1.165, 1.54) is 13.0 Å². The van der Waals surface area contributed by atoms with Gasteiger partial charge in [0.2, 0.25) is 5.78 Å². The third kappa shape index (κ3) is 1.48. The summed E-state index contributed by atoms with van der Waals surface area (Å²) < 4.78 is 0. The van der Waals surface area contributed by atoms with Gasteiger partial charge in [0.1, 0.15) is 5.69 Å². The molecule has 4 heteroatoms. The van der Waals surface area contributed by atoms with E-state index in [0.29, 0.717) is 5.69 Å². The quantitative estimate of drug-likeness (QED) is 0.662. The van der Waals surface area contributed by atoms with Crippen molar-refractivity contribution < 1.29 is 14.4 Å². The minimum Gasteiger partial charge on any atom is -0.294 e. The van der Waals surface area contributed by atoms with E-state index >= 15 is 0 Å². The molecule has 0 spiro atoms. The Hall–Kier alpha value is -2.10. The van der Waals surface area contributed by atoms with Crippen molar-refractivity contribution in [3.63, 3.8) is 0 Å². The molecule has 1 heterocycles. The molecular weight excluding hydrogens is 206 g/mol. The molecule has 0 fully saturated rings. The van der Waals surface area contributed by atoms with E-state index in [4.69, 9.17) is 0 Å². The van der Waals surface area contributed by atoms with Crippen LogP contribution in [0.1, 0.15) is 33.5 Å². The van der Waals surface area contributed by atoms with E-state index in [-0.39, 0.29) is 22.6 Å². The number of hydrogen-bond donors (Lipinski definition) is 0. The molecule has 0 aromatic carbocycles. The number of nitrogens with zero attached hydrogens (tertiary/aromatic N) is 1. The average molecular weight is 215 g/mol. The van der Waals surface area contributed by atoms with Crippen LogP contribution < -0.4 is 0 Å². The highest BCUT2D eigenvalue weighted by molar-refractivity contribution is 6.34. The van der Waals surface area contributed by atoms with Crippen molar-refractivity contribution in [3.8, 4) is 0 Å². The van der Waals surface area contributed by atoms with Crippen LogP contribution in [-0.2, 0) is 4.79 Å². The summed E-state index contributed by atoms with van der Waals surface area (Å²) in [5, 5.41) is 0. The molecule has 0 N–H and O–H groups in total. The largest absolute Gasteiger partial charge is 0.294 e. The minimum absolute atomic E-state index is 0.0665. The zero-order valence-corrected chi connectivity index (χ0v) is 8.90. The number of ketones is 3. The van der Waals surface area contributed by atoms with Gasteiger partial charge in [-0.25, -0.2) is 4.98 Å². The molecule has 0 bridgehead atoms. The first-order chi connectivity index (χ1) is 7.50. The number of carbonyl (C=O) groups is 3. The third-order valence-electron chi connectivity index (χ3n) is 2.41. The lowest BCUT2D eigenvalue weighted by atomic mass is 9.91. The van der Waals surface area contributed by atoms with Crippen LogP contribution in [0.3, 0.4) is 0 Å². The third-order valence-corrected chi connectivity index (χ3v) is 2.41. The Kier molecular flexibility index (Phi) is 2.27. The molecule has 80 valence electrons. The number of fused-ring (bicyclic) bond motifs is 1. The number of aromatic nitrogens is 1. The van der Waals surface area contributed by atoms with Crippen molar-refractivity contribution in [2.75, 3.05) is 0 Å². The van der Waals surface area contributed by atoms with Gasteiger partial charge in [0.05, 0.1) is 11.1 Å². The van der Waals surface area contributed by atoms with Crippen LogP contribution in [0, 0.1) is 6.92 Å². The Balaban J connectivity index is 2.64. The Morgan fingerprint density at radius 2 is 1.94 bits per heavy atom. The van der Waals surface area contributed by atoms with Crippen molar-refractivity contribution in [2.24, 2.45) is 0 Å². The predicted molar refractivity (Wildman–Crippen MR) is 56.4 cm³/mol. The van der Waals surface area contributed by atoms with Gasteiger partial charge in [-0.2, -0.15) is 0 Å². The lowest BCUT2D eigenvalue weighted by Crippen LogP contribution is -2.22. The maximum absolute atomic E-state index is 11.8. The standard InChI is InChI=1S/C12H9NO3/c1-6-3-4-8-11(13-6)10(15)5-9(7(2)14)12(8)16/h3-5H,1-2H3.